The normalized spacial score (nSPS) is 32.5. The predicted molar refractivity (Wildman–Crippen MR) is 59.4 cm³/mol. The van der Waals surface area contributed by atoms with Crippen molar-refractivity contribution in [3.63, 3.8) is 0 Å². The molecule has 3 rings (SSSR count). The van der Waals surface area contributed by atoms with Gasteiger partial charge in [-0.15, -0.1) is 0 Å². The molecule has 0 amide bonds. The molecule has 1 unspecified atom stereocenters. The molecule has 1 atom stereocenters. The quantitative estimate of drug-likeness (QED) is 0.759. The Morgan fingerprint density at radius 1 is 1.40 bits per heavy atom. The number of aromatic nitrogens is 2. The van der Waals surface area contributed by atoms with Crippen molar-refractivity contribution < 1.29 is 0 Å². The first-order chi connectivity index (χ1) is 7.03. The van der Waals surface area contributed by atoms with E-state index < -0.39 is 0 Å². The lowest BCUT2D eigenvalue weighted by molar-refractivity contribution is 0.500. The van der Waals surface area contributed by atoms with E-state index in [1.165, 1.54) is 18.7 Å². The maximum atomic E-state index is 6.38. The van der Waals surface area contributed by atoms with Gasteiger partial charge in [-0.25, -0.2) is 4.98 Å². The Balaban J connectivity index is 1.97. The van der Waals surface area contributed by atoms with Crippen LogP contribution in [0, 0.1) is 5.41 Å². The minimum atomic E-state index is -0.155. The van der Waals surface area contributed by atoms with Gasteiger partial charge in [0.05, 0.1) is 11.2 Å². The van der Waals surface area contributed by atoms with Gasteiger partial charge in [0.25, 0.3) is 0 Å². The third-order valence-electron chi connectivity index (χ3n) is 4.17. The van der Waals surface area contributed by atoms with E-state index in [-0.39, 0.29) is 11.0 Å². The molecule has 0 bridgehead atoms. The highest BCUT2D eigenvalue weighted by molar-refractivity contribution is 5.29. The molecule has 15 heavy (non-hydrogen) atoms. The zero-order valence-corrected chi connectivity index (χ0v) is 9.58. The van der Waals surface area contributed by atoms with Gasteiger partial charge in [0.2, 0.25) is 0 Å². The number of nitrogens with two attached hydrogens (primary N) is 1. The summed E-state index contributed by atoms with van der Waals surface area (Å²) < 4.78 is 2.29. The van der Waals surface area contributed by atoms with E-state index in [1.807, 2.05) is 0 Å². The molecule has 2 heterocycles. The maximum absolute atomic E-state index is 6.38. The fraction of sp³-hybridized carbons (Fsp3) is 0.750. The number of hydrogen-bond donors (Lipinski definition) is 1. The van der Waals surface area contributed by atoms with Crippen molar-refractivity contribution in [3.05, 3.63) is 17.7 Å². The summed E-state index contributed by atoms with van der Waals surface area (Å²) in [6.07, 6.45) is 6.93. The van der Waals surface area contributed by atoms with Crippen molar-refractivity contribution in [2.75, 3.05) is 0 Å². The van der Waals surface area contributed by atoms with Crippen LogP contribution in [0.1, 0.15) is 44.6 Å². The van der Waals surface area contributed by atoms with Crippen LogP contribution in [0.25, 0.3) is 0 Å². The van der Waals surface area contributed by atoms with Crippen molar-refractivity contribution in [2.24, 2.45) is 11.1 Å². The summed E-state index contributed by atoms with van der Waals surface area (Å²) in [5.41, 5.74) is 7.58. The maximum Gasteiger partial charge on any atom is 0.109 e. The van der Waals surface area contributed by atoms with E-state index in [0.717, 1.165) is 25.1 Å². The van der Waals surface area contributed by atoms with E-state index in [1.54, 1.807) is 0 Å². The van der Waals surface area contributed by atoms with Crippen molar-refractivity contribution in [1.82, 2.24) is 9.55 Å². The highest BCUT2D eigenvalue weighted by Crippen LogP contribution is 2.59. The van der Waals surface area contributed by atoms with Crippen LogP contribution in [0.15, 0.2) is 6.20 Å². The van der Waals surface area contributed by atoms with Crippen molar-refractivity contribution in [2.45, 2.75) is 51.6 Å². The first-order valence-corrected chi connectivity index (χ1v) is 5.88. The van der Waals surface area contributed by atoms with Gasteiger partial charge in [0.15, 0.2) is 0 Å². The minimum absolute atomic E-state index is 0.155. The van der Waals surface area contributed by atoms with Gasteiger partial charge in [-0.1, -0.05) is 13.8 Å². The number of rotatable bonds is 1. The largest absolute Gasteiger partial charge is 0.335 e. The molecule has 0 spiro atoms. The lowest BCUT2D eigenvalue weighted by atomic mass is 10.0. The molecule has 0 saturated heterocycles. The fourth-order valence-corrected chi connectivity index (χ4v) is 2.72. The second-order valence-corrected chi connectivity index (χ2v) is 5.72. The molecule has 1 aliphatic heterocycles. The molecule has 2 aliphatic rings. The van der Waals surface area contributed by atoms with Crippen LogP contribution >= 0.6 is 0 Å². The van der Waals surface area contributed by atoms with Gasteiger partial charge in [0, 0.05) is 19.2 Å². The summed E-state index contributed by atoms with van der Waals surface area (Å²) in [4.78, 5) is 4.72. The third-order valence-corrected chi connectivity index (χ3v) is 4.17. The summed E-state index contributed by atoms with van der Waals surface area (Å²) in [5.74, 6) is 1.24. The van der Waals surface area contributed by atoms with Crippen LogP contribution in [0.5, 0.6) is 0 Å². The average Bonchev–Trinajstić information content (AvgIpc) is 2.61. The highest BCUT2D eigenvalue weighted by Gasteiger charge is 2.61. The SMILES string of the molecule is CC1(C)CC1(N)c1cn2c(n1)CCCC2. The van der Waals surface area contributed by atoms with Gasteiger partial charge in [-0.05, 0) is 24.7 Å². The van der Waals surface area contributed by atoms with Crippen molar-refractivity contribution in [1.29, 1.82) is 0 Å². The van der Waals surface area contributed by atoms with Crippen LogP contribution in [0.4, 0.5) is 0 Å². The third kappa shape index (κ3) is 1.19. The van der Waals surface area contributed by atoms with E-state index in [4.69, 9.17) is 10.7 Å². The average molecular weight is 205 g/mol. The summed E-state index contributed by atoms with van der Waals surface area (Å²) in [6, 6.07) is 0. The molecule has 1 aliphatic carbocycles. The van der Waals surface area contributed by atoms with Crippen LogP contribution < -0.4 is 5.73 Å². The van der Waals surface area contributed by atoms with Gasteiger partial charge in [-0.2, -0.15) is 0 Å². The number of hydrogen-bond acceptors (Lipinski definition) is 2. The minimum Gasteiger partial charge on any atom is -0.335 e. The Labute approximate surface area is 90.7 Å². The molecule has 82 valence electrons. The molecule has 1 saturated carbocycles. The van der Waals surface area contributed by atoms with Gasteiger partial charge in [-0.3, -0.25) is 0 Å². The Morgan fingerprint density at radius 2 is 2.13 bits per heavy atom. The highest BCUT2D eigenvalue weighted by atomic mass is 15.1. The second-order valence-electron chi connectivity index (χ2n) is 5.72. The zero-order chi connectivity index (χ0) is 10.7. The number of fused-ring (bicyclic) bond motifs is 1. The lowest BCUT2D eigenvalue weighted by Crippen LogP contribution is -2.25. The summed E-state index contributed by atoms with van der Waals surface area (Å²) >= 11 is 0. The Hall–Kier alpha value is -0.830. The van der Waals surface area contributed by atoms with Crippen molar-refractivity contribution >= 4 is 0 Å². The summed E-state index contributed by atoms with van der Waals surface area (Å²) in [6.45, 7) is 5.58. The molecule has 0 aromatic carbocycles. The molecule has 3 nitrogen and oxygen atoms in total. The summed E-state index contributed by atoms with van der Waals surface area (Å²) in [7, 11) is 0. The van der Waals surface area contributed by atoms with Crippen LogP contribution in [0.2, 0.25) is 0 Å². The molecule has 2 N–H and O–H groups in total. The standard InChI is InChI=1S/C12H19N3/c1-11(2)8-12(11,13)9-7-15-6-4-3-5-10(15)14-9/h7H,3-6,8,13H2,1-2H3. The zero-order valence-electron chi connectivity index (χ0n) is 9.58. The number of imidazole rings is 1. The second kappa shape index (κ2) is 2.64. The van der Waals surface area contributed by atoms with Crippen LogP contribution in [-0.2, 0) is 18.5 Å². The molecular weight excluding hydrogens is 186 g/mol. The molecule has 1 aromatic heterocycles. The van der Waals surface area contributed by atoms with Crippen LogP contribution in [-0.4, -0.2) is 9.55 Å². The molecule has 3 heteroatoms. The number of nitrogens with zero attached hydrogens (tertiary/aromatic N) is 2. The Morgan fingerprint density at radius 3 is 2.73 bits per heavy atom. The monoisotopic (exact) mass is 205 g/mol. The van der Waals surface area contributed by atoms with E-state index in [2.05, 4.69) is 24.6 Å². The van der Waals surface area contributed by atoms with E-state index in [0.29, 0.717) is 0 Å². The van der Waals surface area contributed by atoms with Crippen molar-refractivity contribution in [3.8, 4) is 0 Å². The van der Waals surface area contributed by atoms with Crippen LogP contribution in [0.3, 0.4) is 0 Å². The van der Waals surface area contributed by atoms with Gasteiger partial charge >= 0.3 is 0 Å². The number of aryl methyl sites for hydroxylation is 2. The molecule has 1 fully saturated rings. The Bertz CT molecular complexity index is 381. The van der Waals surface area contributed by atoms with Gasteiger partial charge in [0.1, 0.15) is 5.82 Å². The summed E-state index contributed by atoms with van der Waals surface area (Å²) in [5, 5.41) is 0. The molecule has 1 aromatic rings. The van der Waals surface area contributed by atoms with E-state index in [9.17, 15) is 0 Å². The fourth-order valence-electron chi connectivity index (χ4n) is 2.72. The topological polar surface area (TPSA) is 43.8 Å². The first-order valence-electron chi connectivity index (χ1n) is 5.88. The van der Waals surface area contributed by atoms with E-state index >= 15 is 0 Å². The smallest absolute Gasteiger partial charge is 0.109 e. The first kappa shape index (κ1) is 9.40. The Kier molecular flexibility index (Phi) is 1.66. The predicted octanol–water partition coefficient (Wildman–Crippen LogP) is 1.80. The molecule has 0 radical (unpaired) electrons. The molecular formula is C12H19N3. The lowest BCUT2D eigenvalue weighted by Gasteiger charge is -2.12. The van der Waals surface area contributed by atoms with Gasteiger partial charge < -0.3 is 10.3 Å².